The van der Waals surface area contributed by atoms with Gasteiger partial charge in [-0.3, -0.25) is 9.78 Å². The predicted octanol–water partition coefficient (Wildman–Crippen LogP) is 3.76. The Labute approximate surface area is 198 Å². The van der Waals surface area contributed by atoms with Gasteiger partial charge in [0.1, 0.15) is 23.7 Å². The van der Waals surface area contributed by atoms with Gasteiger partial charge in [0.15, 0.2) is 0 Å². The Kier molecular flexibility index (Phi) is 6.93. The minimum atomic E-state index is -0.190. The number of benzene rings is 2. The first kappa shape index (κ1) is 22.3. The maximum Gasteiger partial charge on any atom is 0.258 e. The van der Waals surface area contributed by atoms with E-state index in [0.29, 0.717) is 23.3 Å². The maximum absolute atomic E-state index is 12.6. The van der Waals surface area contributed by atoms with Crippen LogP contribution in [0.15, 0.2) is 71.7 Å². The highest BCUT2D eigenvalue weighted by molar-refractivity contribution is 5.79. The summed E-state index contributed by atoms with van der Waals surface area (Å²) in [4.78, 5) is 24.6. The Morgan fingerprint density at radius 2 is 1.88 bits per heavy atom. The molecule has 0 spiro atoms. The van der Waals surface area contributed by atoms with E-state index in [9.17, 15) is 4.79 Å². The van der Waals surface area contributed by atoms with Crippen molar-refractivity contribution in [3.05, 3.63) is 99.9 Å². The molecule has 1 aliphatic heterocycles. The summed E-state index contributed by atoms with van der Waals surface area (Å²) >= 11 is 0. The van der Waals surface area contributed by atoms with Gasteiger partial charge in [-0.05, 0) is 48.6 Å². The number of fused-ring (bicyclic) bond motifs is 1. The van der Waals surface area contributed by atoms with E-state index in [1.165, 1.54) is 11.1 Å². The topological polar surface area (TPSA) is 89.1 Å². The molecule has 0 radical (unpaired) electrons. The SMILES string of the molecule is O=c1[nH]c(COc2ccc(Cc3ccccc3)cc2)nc2c(CNC[C@H]3CCCO3)nccc12. The molecule has 5 rings (SSSR count). The number of nitrogens with zero attached hydrogens (tertiary/aromatic N) is 2. The van der Waals surface area contributed by atoms with Gasteiger partial charge in [-0.2, -0.15) is 0 Å². The van der Waals surface area contributed by atoms with Crippen LogP contribution < -0.4 is 15.6 Å². The number of hydrogen-bond donors (Lipinski definition) is 2. The lowest BCUT2D eigenvalue weighted by atomic mass is 10.1. The van der Waals surface area contributed by atoms with Crippen molar-refractivity contribution in [2.75, 3.05) is 13.2 Å². The molecule has 2 aromatic heterocycles. The van der Waals surface area contributed by atoms with Gasteiger partial charge in [0.05, 0.1) is 17.2 Å². The van der Waals surface area contributed by atoms with Crippen LogP contribution in [0.3, 0.4) is 0 Å². The van der Waals surface area contributed by atoms with Crippen LogP contribution in [0.4, 0.5) is 0 Å². The van der Waals surface area contributed by atoms with Gasteiger partial charge < -0.3 is 19.8 Å². The lowest BCUT2D eigenvalue weighted by molar-refractivity contribution is 0.110. The van der Waals surface area contributed by atoms with Crippen molar-refractivity contribution in [3.8, 4) is 5.75 Å². The smallest absolute Gasteiger partial charge is 0.258 e. The number of pyridine rings is 1. The third kappa shape index (κ3) is 5.50. The minimum absolute atomic E-state index is 0.168. The lowest BCUT2D eigenvalue weighted by Gasteiger charge is -2.12. The van der Waals surface area contributed by atoms with Crippen LogP contribution in [0, 0.1) is 0 Å². The molecule has 1 saturated heterocycles. The molecule has 2 N–H and O–H groups in total. The van der Waals surface area contributed by atoms with Gasteiger partial charge in [-0.1, -0.05) is 42.5 Å². The molecule has 7 nitrogen and oxygen atoms in total. The van der Waals surface area contributed by atoms with E-state index in [2.05, 4.69) is 44.5 Å². The Morgan fingerprint density at radius 3 is 2.68 bits per heavy atom. The Hall–Kier alpha value is -3.55. The second kappa shape index (κ2) is 10.6. The zero-order chi connectivity index (χ0) is 23.2. The molecule has 1 aliphatic rings. The van der Waals surface area contributed by atoms with E-state index in [-0.39, 0.29) is 18.3 Å². The molecule has 7 heteroatoms. The van der Waals surface area contributed by atoms with E-state index in [1.807, 2.05) is 30.3 Å². The standard InChI is InChI=1S/C27H28N4O3/c32-27-23-12-13-29-24(17-28-16-22-7-4-14-33-22)26(23)30-25(31-27)18-34-21-10-8-20(9-11-21)15-19-5-2-1-3-6-19/h1-3,5-6,8-13,22,28H,4,7,14-18H2,(H,30,31,32)/t22-/m1/s1. The maximum atomic E-state index is 12.6. The Morgan fingerprint density at radius 1 is 1.06 bits per heavy atom. The van der Waals surface area contributed by atoms with Crippen LogP contribution in [0.25, 0.3) is 10.9 Å². The number of aromatic amines is 1. The van der Waals surface area contributed by atoms with Crippen molar-refractivity contribution in [1.29, 1.82) is 0 Å². The molecular formula is C27H28N4O3. The van der Waals surface area contributed by atoms with Gasteiger partial charge in [0, 0.05) is 25.9 Å². The highest BCUT2D eigenvalue weighted by Crippen LogP contribution is 2.17. The van der Waals surface area contributed by atoms with E-state index in [1.54, 1.807) is 12.3 Å². The highest BCUT2D eigenvalue weighted by atomic mass is 16.5. The summed E-state index contributed by atoms with van der Waals surface area (Å²) in [5, 5.41) is 3.91. The van der Waals surface area contributed by atoms with Crippen molar-refractivity contribution in [3.63, 3.8) is 0 Å². The molecule has 0 saturated carbocycles. The summed E-state index contributed by atoms with van der Waals surface area (Å²) in [5.41, 5.74) is 3.63. The van der Waals surface area contributed by atoms with Gasteiger partial charge in [0.25, 0.3) is 5.56 Å². The fourth-order valence-electron chi connectivity index (χ4n) is 4.21. The first-order valence-corrected chi connectivity index (χ1v) is 11.7. The van der Waals surface area contributed by atoms with Gasteiger partial charge in [-0.15, -0.1) is 0 Å². The molecule has 4 aromatic rings. The van der Waals surface area contributed by atoms with Crippen LogP contribution in [0.5, 0.6) is 5.75 Å². The Bertz CT molecular complexity index is 1280. The van der Waals surface area contributed by atoms with Gasteiger partial charge in [-0.25, -0.2) is 4.98 Å². The summed E-state index contributed by atoms with van der Waals surface area (Å²) < 4.78 is 11.6. The molecule has 2 aromatic carbocycles. The van der Waals surface area contributed by atoms with E-state index in [0.717, 1.165) is 43.9 Å². The number of rotatable bonds is 9. The van der Waals surface area contributed by atoms with E-state index in [4.69, 9.17) is 9.47 Å². The number of aromatic nitrogens is 3. The van der Waals surface area contributed by atoms with Crippen LogP contribution in [-0.4, -0.2) is 34.2 Å². The van der Waals surface area contributed by atoms with Crippen LogP contribution in [0.2, 0.25) is 0 Å². The molecule has 0 unspecified atom stereocenters. The zero-order valence-electron chi connectivity index (χ0n) is 19.0. The van der Waals surface area contributed by atoms with Crippen molar-refractivity contribution in [2.45, 2.75) is 38.5 Å². The second-order valence-electron chi connectivity index (χ2n) is 8.53. The van der Waals surface area contributed by atoms with Crippen molar-refractivity contribution in [2.24, 2.45) is 0 Å². The molecule has 174 valence electrons. The summed E-state index contributed by atoms with van der Waals surface area (Å²) in [6, 6.07) is 20.0. The minimum Gasteiger partial charge on any atom is -0.486 e. The molecule has 1 atom stereocenters. The summed E-state index contributed by atoms with van der Waals surface area (Å²) in [5.74, 6) is 1.20. The van der Waals surface area contributed by atoms with Crippen molar-refractivity contribution < 1.29 is 9.47 Å². The largest absolute Gasteiger partial charge is 0.486 e. The van der Waals surface area contributed by atoms with Crippen LogP contribution in [-0.2, 0) is 24.3 Å². The van der Waals surface area contributed by atoms with Crippen molar-refractivity contribution in [1.82, 2.24) is 20.3 Å². The predicted molar refractivity (Wildman–Crippen MR) is 131 cm³/mol. The fourth-order valence-corrected chi connectivity index (χ4v) is 4.21. The molecule has 0 bridgehead atoms. The first-order chi connectivity index (χ1) is 16.7. The molecule has 0 aliphatic carbocycles. The summed E-state index contributed by atoms with van der Waals surface area (Å²) in [6.07, 6.45) is 4.94. The summed E-state index contributed by atoms with van der Waals surface area (Å²) in [6.45, 7) is 2.28. The zero-order valence-corrected chi connectivity index (χ0v) is 19.0. The molecule has 3 heterocycles. The normalized spacial score (nSPS) is 15.6. The lowest BCUT2D eigenvalue weighted by Crippen LogP contribution is -2.26. The highest BCUT2D eigenvalue weighted by Gasteiger charge is 2.15. The number of ether oxygens (including phenoxy) is 2. The molecule has 0 amide bonds. The fraction of sp³-hybridized carbons (Fsp3) is 0.296. The average molecular weight is 457 g/mol. The van der Waals surface area contributed by atoms with Gasteiger partial charge >= 0.3 is 0 Å². The second-order valence-corrected chi connectivity index (χ2v) is 8.53. The van der Waals surface area contributed by atoms with Gasteiger partial charge in [0.2, 0.25) is 0 Å². The van der Waals surface area contributed by atoms with E-state index < -0.39 is 0 Å². The Balaban J connectivity index is 1.24. The van der Waals surface area contributed by atoms with E-state index >= 15 is 0 Å². The van der Waals surface area contributed by atoms with Crippen LogP contribution in [0.1, 0.15) is 35.5 Å². The van der Waals surface area contributed by atoms with Crippen molar-refractivity contribution >= 4 is 10.9 Å². The third-order valence-electron chi connectivity index (χ3n) is 5.99. The monoisotopic (exact) mass is 456 g/mol. The quantitative estimate of drug-likeness (QED) is 0.399. The van der Waals surface area contributed by atoms with Crippen LogP contribution >= 0.6 is 0 Å². The molecule has 1 fully saturated rings. The molecule has 34 heavy (non-hydrogen) atoms. The first-order valence-electron chi connectivity index (χ1n) is 11.7. The third-order valence-corrected chi connectivity index (χ3v) is 5.99. The number of nitrogens with one attached hydrogen (secondary N) is 2. The molecular weight excluding hydrogens is 428 g/mol. The number of H-pyrrole nitrogens is 1. The summed E-state index contributed by atoms with van der Waals surface area (Å²) in [7, 11) is 0. The number of hydrogen-bond acceptors (Lipinski definition) is 6. The average Bonchev–Trinajstić information content (AvgIpc) is 3.38.